The predicted molar refractivity (Wildman–Crippen MR) is 65.3 cm³/mol. The van der Waals surface area contributed by atoms with E-state index >= 15 is 0 Å². The maximum atomic E-state index is 5.74. The summed E-state index contributed by atoms with van der Waals surface area (Å²) in [5, 5.41) is 3.26. The molecular weight excluding hydrogens is 228 g/mol. The van der Waals surface area contributed by atoms with Crippen LogP contribution in [-0.4, -0.2) is 22.5 Å². The van der Waals surface area contributed by atoms with E-state index in [0.717, 1.165) is 18.2 Å². The van der Waals surface area contributed by atoms with E-state index in [1.165, 1.54) is 18.0 Å². The van der Waals surface area contributed by atoms with Crippen LogP contribution in [0.15, 0.2) is 5.38 Å². The molecule has 2 nitrogen and oxygen atoms in total. The predicted octanol–water partition coefficient (Wildman–Crippen LogP) is 3.11. The first-order valence-corrected chi connectivity index (χ1v) is 6.85. The molecule has 0 aromatic carbocycles. The second-order valence-electron chi connectivity index (χ2n) is 4.34. The van der Waals surface area contributed by atoms with Gasteiger partial charge in [0.05, 0.1) is 18.1 Å². The highest BCUT2D eigenvalue weighted by molar-refractivity contribution is 7.09. The quantitative estimate of drug-likeness (QED) is 0.760. The molecule has 0 aliphatic carbocycles. The van der Waals surface area contributed by atoms with Gasteiger partial charge in [-0.3, -0.25) is 4.90 Å². The third kappa shape index (κ3) is 2.52. The normalized spacial score (nSPS) is 27.4. The van der Waals surface area contributed by atoms with Crippen molar-refractivity contribution in [2.24, 2.45) is 5.92 Å². The van der Waals surface area contributed by atoms with E-state index in [4.69, 9.17) is 11.6 Å². The number of alkyl halides is 1. The van der Waals surface area contributed by atoms with E-state index in [1.807, 2.05) is 0 Å². The Balaban J connectivity index is 1.97. The summed E-state index contributed by atoms with van der Waals surface area (Å²) in [6, 6.07) is 0.688. The number of thiazole rings is 1. The Morgan fingerprint density at radius 2 is 2.40 bits per heavy atom. The highest BCUT2D eigenvalue weighted by Gasteiger charge is 2.27. The number of likely N-dealkylation sites (tertiary alicyclic amines) is 1. The average molecular weight is 245 g/mol. The molecule has 2 atom stereocenters. The van der Waals surface area contributed by atoms with Crippen LogP contribution in [0.25, 0.3) is 0 Å². The molecular formula is C11H17ClN2S. The number of aromatic nitrogens is 1. The van der Waals surface area contributed by atoms with Gasteiger partial charge in [-0.15, -0.1) is 22.9 Å². The molecule has 0 saturated carbocycles. The van der Waals surface area contributed by atoms with Crippen LogP contribution < -0.4 is 0 Å². The molecule has 1 aromatic heterocycles. The average Bonchev–Trinajstić information content (AvgIpc) is 2.80. The summed E-state index contributed by atoms with van der Waals surface area (Å²) in [7, 11) is 0. The Hall–Kier alpha value is -0.120. The lowest BCUT2D eigenvalue weighted by atomic mass is 10.1. The molecule has 1 saturated heterocycles. The molecule has 0 bridgehead atoms. The van der Waals surface area contributed by atoms with Gasteiger partial charge in [-0.2, -0.15) is 0 Å². The number of nitrogens with zero attached hydrogens (tertiary/aromatic N) is 2. The van der Waals surface area contributed by atoms with Gasteiger partial charge in [0, 0.05) is 11.4 Å². The fraction of sp³-hybridized carbons (Fsp3) is 0.727. The van der Waals surface area contributed by atoms with Crippen LogP contribution >= 0.6 is 22.9 Å². The number of hydrogen-bond acceptors (Lipinski definition) is 3. The second-order valence-corrected chi connectivity index (χ2v) is 5.55. The maximum absolute atomic E-state index is 5.74. The SMILES string of the molecule is CC1CCN(Cc2nc(CCl)cs2)C1C. The highest BCUT2D eigenvalue weighted by Crippen LogP contribution is 2.26. The lowest BCUT2D eigenvalue weighted by molar-refractivity contribution is 0.239. The van der Waals surface area contributed by atoms with Crippen LogP contribution in [-0.2, 0) is 12.4 Å². The van der Waals surface area contributed by atoms with E-state index in [9.17, 15) is 0 Å². The fourth-order valence-corrected chi connectivity index (χ4v) is 3.10. The van der Waals surface area contributed by atoms with E-state index in [0.29, 0.717) is 11.9 Å². The molecule has 15 heavy (non-hydrogen) atoms. The zero-order valence-electron chi connectivity index (χ0n) is 9.24. The summed E-state index contributed by atoms with van der Waals surface area (Å²) in [6.07, 6.45) is 1.31. The Morgan fingerprint density at radius 1 is 1.60 bits per heavy atom. The molecule has 0 N–H and O–H groups in total. The van der Waals surface area contributed by atoms with Gasteiger partial charge in [-0.25, -0.2) is 4.98 Å². The topological polar surface area (TPSA) is 16.1 Å². The van der Waals surface area contributed by atoms with Crippen molar-refractivity contribution in [2.75, 3.05) is 6.54 Å². The smallest absolute Gasteiger partial charge is 0.107 e. The molecule has 1 fully saturated rings. The molecule has 0 spiro atoms. The zero-order chi connectivity index (χ0) is 10.8. The lowest BCUT2D eigenvalue weighted by Gasteiger charge is -2.21. The lowest BCUT2D eigenvalue weighted by Crippen LogP contribution is -2.28. The first-order valence-electron chi connectivity index (χ1n) is 5.44. The van der Waals surface area contributed by atoms with E-state index < -0.39 is 0 Å². The Labute approximate surface area is 100 Å². The molecule has 1 aliphatic heterocycles. The summed E-state index contributed by atoms with van der Waals surface area (Å²) in [5.74, 6) is 1.35. The summed E-state index contributed by atoms with van der Waals surface area (Å²) >= 11 is 7.47. The minimum absolute atomic E-state index is 0.530. The van der Waals surface area contributed by atoms with Crippen molar-refractivity contribution in [3.05, 3.63) is 16.1 Å². The van der Waals surface area contributed by atoms with E-state index in [-0.39, 0.29) is 0 Å². The minimum Gasteiger partial charge on any atom is -0.294 e. The molecule has 4 heteroatoms. The molecule has 2 unspecified atom stereocenters. The van der Waals surface area contributed by atoms with Gasteiger partial charge in [0.25, 0.3) is 0 Å². The second kappa shape index (κ2) is 4.81. The van der Waals surface area contributed by atoms with Crippen molar-refractivity contribution in [3.8, 4) is 0 Å². The molecule has 1 aliphatic rings. The minimum atomic E-state index is 0.530. The summed E-state index contributed by atoms with van der Waals surface area (Å²) in [6.45, 7) is 6.84. The zero-order valence-corrected chi connectivity index (χ0v) is 10.8. The largest absolute Gasteiger partial charge is 0.294 e. The summed E-state index contributed by atoms with van der Waals surface area (Å²) < 4.78 is 0. The standard InChI is InChI=1S/C11H17ClN2S/c1-8-3-4-14(9(8)2)6-11-13-10(5-12)7-15-11/h7-9H,3-6H2,1-2H3. The van der Waals surface area contributed by atoms with Crippen molar-refractivity contribution >= 4 is 22.9 Å². The first-order chi connectivity index (χ1) is 7.20. The monoisotopic (exact) mass is 244 g/mol. The molecule has 2 heterocycles. The van der Waals surface area contributed by atoms with E-state index in [2.05, 4.69) is 29.1 Å². The van der Waals surface area contributed by atoms with Crippen LogP contribution in [0.2, 0.25) is 0 Å². The van der Waals surface area contributed by atoms with Crippen LogP contribution in [0, 0.1) is 5.92 Å². The van der Waals surface area contributed by atoms with Crippen molar-refractivity contribution in [2.45, 2.75) is 38.7 Å². The molecule has 0 amide bonds. The third-order valence-electron chi connectivity index (χ3n) is 3.35. The number of hydrogen-bond donors (Lipinski definition) is 0. The van der Waals surface area contributed by atoms with Crippen molar-refractivity contribution in [1.29, 1.82) is 0 Å². The highest BCUT2D eigenvalue weighted by atomic mass is 35.5. The Morgan fingerprint density at radius 3 is 2.93 bits per heavy atom. The van der Waals surface area contributed by atoms with Gasteiger partial charge >= 0.3 is 0 Å². The van der Waals surface area contributed by atoms with Crippen molar-refractivity contribution in [1.82, 2.24) is 9.88 Å². The molecule has 0 radical (unpaired) electrons. The van der Waals surface area contributed by atoms with Gasteiger partial charge in [0.2, 0.25) is 0 Å². The first kappa shape index (κ1) is 11.4. The molecule has 84 valence electrons. The van der Waals surface area contributed by atoms with Gasteiger partial charge < -0.3 is 0 Å². The van der Waals surface area contributed by atoms with E-state index in [1.54, 1.807) is 11.3 Å². The molecule has 1 aromatic rings. The van der Waals surface area contributed by atoms with Crippen LogP contribution in [0.4, 0.5) is 0 Å². The maximum Gasteiger partial charge on any atom is 0.107 e. The van der Waals surface area contributed by atoms with Crippen LogP contribution in [0.1, 0.15) is 31.0 Å². The van der Waals surface area contributed by atoms with Gasteiger partial charge in [-0.05, 0) is 25.8 Å². The number of halogens is 1. The Kier molecular flexibility index (Phi) is 3.65. The van der Waals surface area contributed by atoms with Gasteiger partial charge in [0.1, 0.15) is 5.01 Å². The molecule has 2 rings (SSSR count). The Bertz CT molecular complexity index is 326. The van der Waals surface area contributed by atoms with Crippen molar-refractivity contribution in [3.63, 3.8) is 0 Å². The van der Waals surface area contributed by atoms with Crippen LogP contribution in [0.5, 0.6) is 0 Å². The van der Waals surface area contributed by atoms with Crippen molar-refractivity contribution < 1.29 is 0 Å². The van der Waals surface area contributed by atoms with Gasteiger partial charge in [-0.1, -0.05) is 6.92 Å². The summed E-state index contributed by atoms with van der Waals surface area (Å²) in [5.41, 5.74) is 1.01. The number of rotatable bonds is 3. The summed E-state index contributed by atoms with van der Waals surface area (Å²) in [4.78, 5) is 7.01. The van der Waals surface area contributed by atoms with Gasteiger partial charge in [0.15, 0.2) is 0 Å². The third-order valence-corrected chi connectivity index (χ3v) is 4.50. The fourth-order valence-electron chi connectivity index (χ4n) is 2.05. The van der Waals surface area contributed by atoms with Crippen LogP contribution in [0.3, 0.4) is 0 Å².